The zero-order valence-electron chi connectivity index (χ0n) is 23.5. The van der Waals surface area contributed by atoms with Crippen LogP contribution in [0.25, 0.3) is 0 Å². The molecule has 0 aliphatic carbocycles. The van der Waals surface area contributed by atoms with E-state index in [2.05, 4.69) is 4.72 Å². The van der Waals surface area contributed by atoms with Crippen LogP contribution in [0.4, 0.5) is 5.69 Å². The van der Waals surface area contributed by atoms with Gasteiger partial charge < -0.3 is 19.8 Å². The number of likely N-dealkylation sites (N-methyl/N-ethyl adjacent to an activating group) is 1. The standard InChI is InChI=1S/C30H34ClN3O7S/c1-19-15-34(20(2)18-35)29(36)25-5-4-6-26(32-42(39,40)24-13-11-23(31)12-14-24)28(25)41-27(19)17-33(3)16-21-7-9-22(10-8-21)30(37)38/h4-14,19-20,27,32,35H,15-18H2,1-3H3,(H,37,38)/t19-,20+,27+/m1/s1. The molecule has 42 heavy (non-hydrogen) atoms. The smallest absolute Gasteiger partial charge is 0.335 e. The summed E-state index contributed by atoms with van der Waals surface area (Å²) in [6, 6.07) is 16.5. The number of sulfonamides is 1. The zero-order chi connectivity index (χ0) is 30.6. The summed E-state index contributed by atoms with van der Waals surface area (Å²) in [6.07, 6.45) is -0.477. The maximum absolute atomic E-state index is 13.7. The predicted octanol–water partition coefficient (Wildman–Crippen LogP) is 4.19. The third-order valence-corrected chi connectivity index (χ3v) is 8.84. The second kappa shape index (κ2) is 13.1. The number of benzene rings is 3. The minimum absolute atomic E-state index is 0.00392. The molecule has 0 fully saturated rings. The number of hydrogen-bond donors (Lipinski definition) is 3. The zero-order valence-corrected chi connectivity index (χ0v) is 25.1. The number of ether oxygens (including phenoxy) is 1. The number of nitrogens with zero attached hydrogens (tertiary/aromatic N) is 2. The maximum atomic E-state index is 13.7. The Bertz CT molecular complexity index is 1530. The summed E-state index contributed by atoms with van der Waals surface area (Å²) in [6.45, 7) is 4.67. The van der Waals surface area contributed by atoms with E-state index in [1.165, 1.54) is 30.3 Å². The molecule has 3 N–H and O–H groups in total. The number of aromatic carboxylic acids is 1. The topological polar surface area (TPSA) is 136 Å². The Morgan fingerprint density at radius 1 is 1.14 bits per heavy atom. The van der Waals surface area contributed by atoms with Crippen molar-refractivity contribution in [1.29, 1.82) is 0 Å². The van der Waals surface area contributed by atoms with Crippen LogP contribution in [0.3, 0.4) is 0 Å². The Kier molecular flexibility index (Phi) is 9.78. The van der Waals surface area contributed by atoms with E-state index in [4.69, 9.17) is 16.3 Å². The highest BCUT2D eigenvalue weighted by atomic mass is 35.5. The Morgan fingerprint density at radius 3 is 2.43 bits per heavy atom. The first kappa shape index (κ1) is 31.3. The third-order valence-electron chi connectivity index (χ3n) is 7.20. The van der Waals surface area contributed by atoms with Crippen molar-refractivity contribution in [2.24, 2.45) is 5.92 Å². The molecule has 0 bridgehead atoms. The molecule has 0 spiro atoms. The van der Waals surface area contributed by atoms with Gasteiger partial charge in [0.25, 0.3) is 15.9 Å². The molecule has 3 aromatic rings. The van der Waals surface area contributed by atoms with Crippen LogP contribution in [0.1, 0.15) is 40.1 Å². The molecule has 0 radical (unpaired) electrons. The lowest BCUT2D eigenvalue weighted by molar-refractivity contribution is 0.0343. The molecule has 0 unspecified atom stereocenters. The maximum Gasteiger partial charge on any atom is 0.335 e. The van der Waals surface area contributed by atoms with Gasteiger partial charge in [-0.2, -0.15) is 0 Å². The van der Waals surface area contributed by atoms with Gasteiger partial charge in [0.2, 0.25) is 0 Å². The Hall–Kier alpha value is -3.64. The molecule has 3 aromatic carbocycles. The number of aliphatic hydroxyl groups excluding tert-OH is 1. The van der Waals surface area contributed by atoms with Crippen molar-refractivity contribution in [2.75, 3.05) is 31.5 Å². The number of carbonyl (C=O) groups is 2. The molecule has 12 heteroatoms. The number of fused-ring (bicyclic) bond motifs is 1. The number of aliphatic hydroxyl groups is 1. The number of hydrogen-bond acceptors (Lipinski definition) is 7. The number of halogens is 1. The molecule has 1 amide bonds. The third kappa shape index (κ3) is 7.22. The first-order chi connectivity index (χ1) is 19.9. The molecular formula is C30H34ClN3O7S. The second-order valence-corrected chi connectivity index (χ2v) is 12.7. The lowest BCUT2D eigenvalue weighted by Gasteiger charge is -2.38. The van der Waals surface area contributed by atoms with Gasteiger partial charge in [-0.25, -0.2) is 13.2 Å². The van der Waals surface area contributed by atoms with Crippen LogP contribution in [0.5, 0.6) is 5.75 Å². The molecule has 0 aromatic heterocycles. The quantitative estimate of drug-likeness (QED) is 0.309. The lowest BCUT2D eigenvalue weighted by Crippen LogP contribution is -2.49. The highest BCUT2D eigenvalue weighted by Gasteiger charge is 2.35. The van der Waals surface area contributed by atoms with E-state index in [1.807, 2.05) is 18.9 Å². The fourth-order valence-corrected chi connectivity index (χ4v) is 5.98. The van der Waals surface area contributed by atoms with Crippen molar-refractivity contribution in [1.82, 2.24) is 9.80 Å². The van der Waals surface area contributed by atoms with Gasteiger partial charge in [-0.3, -0.25) is 14.4 Å². The molecule has 224 valence electrons. The van der Waals surface area contributed by atoms with Gasteiger partial charge in [-0.1, -0.05) is 36.7 Å². The van der Waals surface area contributed by atoms with E-state index >= 15 is 0 Å². The van der Waals surface area contributed by atoms with E-state index in [0.717, 1.165) is 5.56 Å². The van der Waals surface area contributed by atoms with Crippen molar-refractivity contribution in [3.8, 4) is 5.75 Å². The van der Waals surface area contributed by atoms with Crippen LogP contribution in [-0.2, 0) is 16.6 Å². The predicted molar refractivity (Wildman–Crippen MR) is 160 cm³/mol. The van der Waals surface area contributed by atoms with Gasteiger partial charge in [-0.05, 0) is 68.1 Å². The van der Waals surface area contributed by atoms with Crippen LogP contribution in [-0.4, -0.2) is 79.2 Å². The van der Waals surface area contributed by atoms with E-state index in [0.29, 0.717) is 24.7 Å². The summed E-state index contributed by atoms with van der Waals surface area (Å²) in [5.74, 6) is -1.47. The van der Waals surface area contributed by atoms with Crippen molar-refractivity contribution in [3.63, 3.8) is 0 Å². The number of amides is 1. The van der Waals surface area contributed by atoms with Gasteiger partial charge in [0.05, 0.1) is 34.4 Å². The minimum atomic E-state index is -4.05. The summed E-state index contributed by atoms with van der Waals surface area (Å²) < 4.78 is 35.6. The Morgan fingerprint density at radius 2 is 1.81 bits per heavy atom. The fraction of sp³-hybridized carbons (Fsp3) is 0.333. The van der Waals surface area contributed by atoms with E-state index in [-0.39, 0.29) is 45.9 Å². The lowest BCUT2D eigenvalue weighted by atomic mass is 9.99. The first-order valence-corrected chi connectivity index (χ1v) is 15.3. The Labute approximate surface area is 250 Å². The van der Waals surface area contributed by atoms with Gasteiger partial charge >= 0.3 is 5.97 Å². The van der Waals surface area contributed by atoms with Crippen molar-refractivity contribution in [2.45, 2.75) is 37.4 Å². The molecule has 0 saturated heterocycles. The molecule has 1 aliphatic heterocycles. The largest absolute Gasteiger partial charge is 0.486 e. The van der Waals surface area contributed by atoms with Gasteiger partial charge in [0, 0.05) is 30.6 Å². The van der Waals surface area contributed by atoms with Crippen LogP contribution in [0, 0.1) is 5.92 Å². The average molecular weight is 616 g/mol. The molecule has 1 aliphatic rings. The van der Waals surface area contributed by atoms with E-state index in [1.54, 1.807) is 48.2 Å². The number of rotatable bonds is 10. The van der Waals surface area contributed by atoms with Crippen LogP contribution >= 0.6 is 11.6 Å². The summed E-state index contributed by atoms with van der Waals surface area (Å²) in [5, 5.41) is 19.5. The number of carboxylic acids is 1. The van der Waals surface area contributed by atoms with Crippen LogP contribution in [0.2, 0.25) is 5.02 Å². The molecular weight excluding hydrogens is 582 g/mol. The first-order valence-electron chi connectivity index (χ1n) is 13.4. The SMILES string of the molecule is C[C@@H]1CN([C@@H](C)CO)C(=O)c2cccc(NS(=O)(=O)c3ccc(Cl)cc3)c2O[C@H]1CN(C)Cc1ccc(C(=O)O)cc1. The number of carboxylic acid groups (broad SMARTS) is 1. The summed E-state index contributed by atoms with van der Waals surface area (Å²) in [5.41, 5.74) is 1.39. The van der Waals surface area contributed by atoms with Crippen LogP contribution in [0.15, 0.2) is 71.6 Å². The van der Waals surface area contributed by atoms with Crippen molar-refractivity contribution in [3.05, 3.63) is 88.4 Å². The molecule has 3 atom stereocenters. The fourth-order valence-electron chi connectivity index (χ4n) is 4.80. The average Bonchev–Trinajstić information content (AvgIpc) is 2.95. The summed E-state index contributed by atoms with van der Waals surface area (Å²) in [4.78, 5) is 28.5. The normalized spacial score (nSPS) is 18.0. The van der Waals surface area contributed by atoms with Gasteiger partial charge in [0.1, 0.15) is 6.10 Å². The van der Waals surface area contributed by atoms with Crippen molar-refractivity contribution >= 4 is 39.2 Å². The second-order valence-electron chi connectivity index (χ2n) is 10.6. The monoisotopic (exact) mass is 615 g/mol. The van der Waals surface area contributed by atoms with Gasteiger partial charge in [-0.15, -0.1) is 0 Å². The number of nitrogens with one attached hydrogen (secondary N) is 1. The molecule has 0 saturated carbocycles. The van der Waals surface area contributed by atoms with E-state index < -0.39 is 28.1 Å². The highest BCUT2D eigenvalue weighted by Crippen LogP contribution is 2.36. The minimum Gasteiger partial charge on any atom is -0.486 e. The highest BCUT2D eigenvalue weighted by molar-refractivity contribution is 7.92. The molecule has 1 heterocycles. The summed E-state index contributed by atoms with van der Waals surface area (Å²) >= 11 is 5.94. The number of carbonyl (C=O) groups excluding carboxylic acids is 1. The number of para-hydroxylation sites is 1. The molecule has 4 rings (SSSR count). The Balaban J connectivity index is 1.67. The van der Waals surface area contributed by atoms with Gasteiger partial charge in [0.15, 0.2) is 5.75 Å². The summed E-state index contributed by atoms with van der Waals surface area (Å²) in [7, 11) is -2.15. The molecule has 10 nitrogen and oxygen atoms in total. The van der Waals surface area contributed by atoms with E-state index in [9.17, 15) is 28.2 Å². The van der Waals surface area contributed by atoms with Crippen molar-refractivity contribution < 1.29 is 33.0 Å². The van der Waals surface area contributed by atoms with Crippen LogP contribution < -0.4 is 9.46 Å². The number of anilines is 1.